The smallest absolute Gasteiger partial charge is 0.320 e. The van der Waals surface area contributed by atoms with E-state index >= 15 is 0 Å². The van der Waals surface area contributed by atoms with Crippen LogP contribution in [0.25, 0.3) is 0 Å². The summed E-state index contributed by atoms with van der Waals surface area (Å²) in [4.78, 5) is 19.4. The fourth-order valence-corrected chi connectivity index (χ4v) is 0.991. The summed E-state index contributed by atoms with van der Waals surface area (Å²) in [5.74, 6) is -0.963. The molecule has 4 N–H and O–H groups in total. The molecule has 0 aliphatic rings. The predicted molar refractivity (Wildman–Crippen MR) is 69.6 cm³/mol. The minimum absolute atomic E-state index is 0.0352. The second kappa shape index (κ2) is 6.81. The van der Waals surface area contributed by atoms with Crippen LogP contribution in [0.15, 0.2) is 24.3 Å². The van der Waals surface area contributed by atoms with Crippen molar-refractivity contribution >= 4 is 11.7 Å². The molecule has 106 valence electrons. The Morgan fingerprint density at radius 2 is 1.74 bits per heavy atom. The summed E-state index contributed by atoms with van der Waals surface area (Å²) >= 11 is 0. The Morgan fingerprint density at radius 3 is 1.95 bits per heavy atom. The Morgan fingerprint density at radius 1 is 1.37 bits per heavy atom. The van der Waals surface area contributed by atoms with E-state index in [0.29, 0.717) is 5.56 Å². The summed E-state index contributed by atoms with van der Waals surface area (Å²) in [6.45, 7) is 4.69. The van der Waals surface area contributed by atoms with Crippen molar-refractivity contribution in [2.45, 2.75) is 32.4 Å². The molecule has 1 aromatic rings. The highest BCUT2D eigenvalue weighted by atomic mass is 16.6. The van der Waals surface area contributed by atoms with Crippen molar-refractivity contribution in [2.75, 3.05) is 0 Å². The van der Waals surface area contributed by atoms with Crippen LogP contribution in [0.4, 0.5) is 5.69 Å². The lowest BCUT2D eigenvalue weighted by Gasteiger charge is -2.16. The van der Waals surface area contributed by atoms with Crippen molar-refractivity contribution in [3.63, 3.8) is 0 Å². The molecular formula is C12H18N2O5. The van der Waals surface area contributed by atoms with Gasteiger partial charge in [-0.2, -0.15) is 0 Å². The van der Waals surface area contributed by atoms with Crippen LogP contribution < -0.4 is 5.73 Å². The number of rotatable bonds is 3. The minimum atomic E-state index is -0.963. The number of aliphatic carboxylic acids is 1. The quantitative estimate of drug-likeness (QED) is 0.560. The third-order valence-corrected chi connectivity index (χ3v) is 2.17. The van der Waals surface area contributed by atoms with Gasteiger partial charge in [-0.1, -0.05) is 0 Å². The molecule has 0 fully saturated rings. The van der Waals surface area contributed by atoms with Crippen LogP contribution in [-0.2, 0) is 10.4 Å². The number of hydrogen-bond donors (Lipinski definition) is 3. The lowest BCUT2D eigenvalue weighted by Crippen LogP contribution is -2.25. The van der Waals surface area contributed by atoms with E-state index in [9.17, 15) is 20.0 Å². The molecule has 1 rings (SSSR count). The molecule has 0 aliphatic heterocycles. The molecule has 0 heterocycles. The van der Waals surface area contributed by atoms with E-state index in [2.05, 4.69) is 0 Å². The number of nitrogens with zero attached hydrogens (tertiary/aromatic N) is 1. The van der Waals surface area contributed by atoms with Crippen LogP contribution in [0.2, 0.25) is 0 Å². The summed E-state index contributed by atoms with van der Waals surface area (Å²) in [5.41, 5.74) is 4.59. The summed E-state index contributed by atoms with van der Waals surface area (Å²) in [6.07, 6.45) is 0. The van der Waals surface area contributed by atoms with E-state index < -0.39 is 22.5 Å². The van der Waals surface area contributed by atoms with E-state index in [1.165, 1.54) is 19.1 Å². The normalized spacial score (nSPS) is 12.1. The Hall–Kier alpha value is -1.99. The SMILES string of the molecule is CC(C)(O)c1ccc([N+](=O)[O-])cc1.C[C@H](N)C(=O)O. The molecule has 0 saturated carbocycles. The highest BCUT2D eigenvalue weighted by Gasteiger charge is 2.16. The molecule has 1 atom stereocenters. The largest absolute Gasteiger partial charge is 0.480 e. The predicted octanol–water partition coefficient (Wildman–Crippen LogP) is 1.24. The van der Waals surface area contributed by atoms with Gasteiger partial charge in [0.2, 0.25) is 0 Å². The standard InChI is InChI=1S/C9H11NO3.C3H7NO2/c1-9(2,11)7-3-5-8(6-4-7)10(12)13;1-2(4)3(5)6/h3-6,11H,1-2H3;2H,4H2,1H3,(H,5,6)/t;2-/m.0/s1. The molecule has 0 unspecified atom stereocenters. The van der Waals surface area contributed by atoms with Crippen LogP contribution in [-0.4, -0.2) is 27.1 Å². The summed E-state index contributed by atoms with van der Waals surface area (Å²) in [6, 6.07) is 5.14. The van der Waals surface area contributed by atoms with Gasteiger partial charge in [-0.05, 0) is 38.5 Å². The number of aliphatic hydroxyl groups is 1. The first-order chi connectivity index (χ1) is 8.55. The van der Waals surface area contributed by atoms with Gasteiger partial charge in [0.25, 0.3) is 5.69 Å². The van der Waals surface area contributed by atoms with Gasteiger partial charge in [-0.25, -0.2) is 0 Å². The second-order valence-corrected chi connectivity index (χ2v) is 4.49. The number of carboxylic acids is 1. The van der Waals surface area contributed by atoms with Crippen molar-refractivity contribution < 1.29 is 19.9 Å². The fourth-order valence-electron chi connectivity index (χ4n) is 0.991. The summed E-state index contributed by atoms with van der Waals surface area (Å²) in [5, 5.41) is 27.7. The van der Waals surface area contributed by atoms with E-state index in [-0.39, 0.29) is 5.69 Å². The Kier molecular flexibility index (Phi) is 6.10. The highest BCUT2D eigenvalue weighted by molar-refractivity contribution is 5.72. The third kappa shape index (κ3) is 6.49. The van der Waals surface area contributed by atoms with Crippen molar-refractivity contribution in [1.29, 1.82) is 0 Å². The minimum Gasteiger partial charge on any atom is -0.480 e. The van der Waals surface area contributed by atoms with Crippen LogP contribution >= 0.6 is 0 Å². The molecule has 0 aromatic heterocycles. The lowest BCUT2D eigenvalue weighted by atomic mass is 9.98. The van der Waals surface area contributed by atoms with Gasteiger partial charge in [0, 0.05) is 12.1 Å². The molecule has 0 amide bonds. The van der Waals surface area contributed by atoms with E-state index in [1.54, 1.807) is 26.0 Å². The van der Waals surface area contributed by atoms with Crippen molar-refractivity contribution in [1.82, 2.24) is 0 Å². The maximum atomic E-state index is 10.3. The van der Waals surface area contributed by atoms with Crippen LogP contribution in [0.1, 0.15) is 26.3 Å². The van der Waals surface area contributed by atoms with Gasteiger partial charge >= 0.3 is 5.97 Å². The monoisotopic (exact) mass is 270 g/mol. The van der Waals surface area contributed by atoms with E-state index in [0.717, 1.165) is 0 Å². The number of nitro benzene ring substituents is 1. The zero-order valence-electron chi connectivity index (χ0n) is 11.0. The Balaban J connectivity index is 0.000000459. The van der Waals surface area contributed by atoms with Crippen LogP contribution in [0.5, 0.6) is 0 Å². The number of hydrogen-bond acceptors (Lipinski definition) is 5. The first kappa shape index (κ1) is 17.0. The second-order valence-electron chi connectivity index (χ2n) is 4.49. The molecule has 7 heteroatoms. The molecule has 0 saturated heterocycles. The average molecular weight is 270 g/mol. The fraction of sp³-hybridized carbons (Fsp3) is 0.417. The van der Waals surface area contributed by atoms with Crippen molar-refractivity contribution in [3.8, 4) is 0 Å². The first-order valence-corrected chi connectivity index (χ1v) is 5.51. The lowest BCUT2D eigenvalue weighted by molar-refractivity contribution is -0.384. The van der Waals surface area contributed by atoms with Gasteiger partial charge in [-0.15, -0.1) is 0 Å². The number of nitro groups is 1. The average Bonchev–Trinajstić information content (AvgIpc) is 2.28. The first-order valence-electron chi connectivity index (χ1n) is 5.51. The van der Waals surface area contributed by atoms with Crippen LogP contribution in [0.3, 0.4) is 0 Å². The Bertz CT molecular complexity index is 434. The molecule has 0 radical (unpaired) electrons. The maximum absolute atomic E-state index is 10.3. The molecule has 1 aromatic carbocycles. The molecule has 0 bridgehead atoms. The topological polar surface area (TPSA) is 127 Å². The van der Waals surface area contributed by atoms with Crippen molar-refractivity contribution in [3.05, 3.63) is 39.9 Å². The summed E-state index contributed by atoms with van der Waals surface area (Å²) < 4.78 is 0. The Labute approximate surface area is 110 Å². The van der Waals surface area contributed by atoms with Gasteiger partial charge in [0.15, 0.2) is 0 Å². The summed E-state index contributed by atoms with van der Waals surface area (Å²) in [7, 11) is 0. The molecular weight excluding hydrogens is 252 g/mol. The highest BCUT2D eigenvalue weighted by Crippen LogP contribution is 2.21. The van der Waals surface area contributed by atoms with Gasteiger partial charge in [0.05, 0.1) is 10.5 Å². The van der Waals surface area contributed by atoms with Crippen LogP contribution in [0, 0.1) is 10.1 Å². The molecule has 0 aliphatic carbocycles. The number of nitrogens with two attached hydrogens (primary N) is 1. The number of benzene rings is 1. The molecule has 19 heavy (non-hydrogen) atoms. The molecule has 0 spiro atoms. The zero-order chi connectivity index (χ0) is 15.2. The number of non-ortho nitro benzene ring substituents is 1. The van der Waals surface area contributed by atoms with E-state index in [4.69, 9.17) is 10.8 Å². The number of carbonyl (C=O) groups is 1. The third-order valence-electron chi connectivity index (χ3n) is 2.17. The van der Waals surface area contributed by atoms with Gasteiger partial charge in [0.1, 0.15) is 6.04 Å². The van der Waals surface area contributed by atoms with E-state index in [1.807, 2.05) is 0 Å². The maximum Gasteiger partial charge on any atom is 0.320 e. The molecule has 7 nitrogen and oxygen atoms in total. The zero-order valence-corrected chi connectivity index (χ0v) is 11.0. The van der Waals surface area contributed by atoms with Crippen molar-refractivity contribution in [2.24, 2.45) is 5.73 Å². The van der Waals surface area contributed by atoms with Gasteiger partial charge < -0.3 is 15.9 Å². The number of carboxylic acid groups (broad SMARTS) is 1. The van der Waals surface area contributed by atoms with Gasteiger partial charge in [-0.3, -0.25) is 14.9 Å².